The number of aromatic nitrogens is 4. The van der Waals surface area contributed by atoms with Gasteiger partial charge in [-0.3, -0.25) is 4.79 Å². The summed E-state index contributed by atoms with van der Waals surface area (Å²) < 4.78 is 1.94. The predicted molar refractivity (Wildman–Crippen MR) is 133 cm³/mol. The third kappa shape index (κ3) is 5.18. The van der Waals surface area contributed by atoms with Crippen LogP contribution in [0, 0.1) is 12.3 Å². The summed E-state index contributed by atoms with van der Waals surface area (Å²) in [5.41, 5.74) is 2.79. The number of hydrogen-bond acceptors (Lipinski definition) is 5. The van der Waals surface area contributed by atoms with E-state index in [4.69, 9.17) is 15.1 Å². The fourth-order valence-corrected chi connectivity index (χ4v) is 4.36. The maximum Gasteiger partial charge on any atom is 0.223 e. The summed E-state index contributed by atoms with van der Waals surface area (Å²) >= 11 is 0. The number of fused-ring (bicyclic) bond motifs is 1. The molecule has 3 heterocycles. The van der Waals surface area contributed by atoms with Gasteiger partial charge in [-0.1, -0.05) is 52.3 Å². The first-order chi connectivity index (χ1) is 15.8. The minimum atomic E-state index is 0.00431. The Morgan fingerprint density at radius 1 is 1.03 bits per heavy atom. The van der Waals surface area contributed by atoms with E-state index in [2.05, 4.69) is 44.7 Å². The zero-order valence-electron chi connectivity index (χ0n) is 20.6. The van der Waals surface area contributed by atoms with E-state index in [9.17, 15) is 4.79 Å². The lowest BCUT2D eigenvalue weighted by Crippen LogP contribution is -2.49. The monoisotopic (exact) mass is 448 g/mol. The smallest absolute Gasteiger partial charge is 0.223 e. The van der Waals surface area contributed by atoms with E-state index < -0.39 is 0 Å². The Morgan fingerprint density at radius 2 is 1.73 bits per heavy atom. The van der Waals surface area contributed by atoms with Gasteiger partial charge in [0.25, 0.3) is 0 Å². The Hall–Kier alpha value is -2.96. The lowest BCUT2D eigenvalue weighted by Gasteiger charge is -2.36. The Balaban J connectivity index is 1.67. The summed E-state index contributed by atoms with van der Waals surface area (Å²) in [6.45, 7) is 13.5. The molecule has 0 aliphatic carbocycles. The van der Waals surface area contributed by atoms with Crippen LogP contribution >= 0.6 is 0 Å². The van der Waals surface area contributed by atoms with Crippen LogP contribution in [0.1, 0.15) is 58.5 Å². The molecule has 1 aliphatic rings. The number of aryl methyl sites for hydroxylation is 2. The molecule has 1 aromatic carbocycles. The maximum atomic E-state index is 12.7. The van der Waals surface area contributed by atoms with E-state index in [1.54, 1.807) is 0 Å². The summed E-state index contributed by atoms with van der Waals surface area (Å²) in [5.74, 6) is 2.06. The third-order valence-electron chi connectivity index (χ3n) is 6.10. The van der Waals surface area contributed by atoms with Gasteiger partial charge in [-0.15, -0.1) is 0 Å². The molecule has 0 N–H and O–H groups in total. The molecule has 3 aromatic rings. The summed E-state index contributed by atoms with van der Waals surface area (Å²) in [5, 5.41) is 5.85. The van der Waals surface area contributed by atoms with Crippen molar-refractivity contribution in [3.05, 3.63) is 41.9 Å². The molecule has 176 valence electrons. The number of hydrogen-bond donors (Lipinski definition) is 0. The summed E-state index contributed by atoms with van der Waals surface area (Å²) in [6.07, 6.45) is 3.58. The summed E-state index contributed by atoms with van der Waals surface area (Å²) in [6, 6.07) is 10.2. The Kier molecular flexibility index (Phi) is 6.68. The van der Waals surface area contributed by atoms with Gasteiger partial charge in [-0.2, -0.15) is 5.10 Å². The van der Waals surface area contributed by atoms with Crippen molar-refractivity contribution in [3.8, 4) is 5.69 Å². The van der Waals surface area contributed by atoms with Gasteiger partial charge in [0.1, 0.15) is 11.6 Å². The second kappa shape index (κ2) is 9.49. The molecular weight excluding hydrogens is 412 g/mol. The fourth-order valence-electron chi connectivity index (χ4n) is 4.36. The zero-order valence-corrected chi connectivity index (χ0v) is 20.6. The molecule has 1 amide bonds. The van der Waals surface area contributed by atoms with Crippen LogP contribution in [-0.4, -0.2) is 56.7 Å². The molecule has 0 saturated carbocycles. The topological polar surface area (TPSA) is 67.2 Å². The van der Waals surface area contributed by atoms with Gasteiger partial charge in [0.15, 0.2) is 5.65 Å². The Bertz CT molecular complexity index is 1110. The number of amides is 1. The minimum absolute atomic E-state index is 0.00431. The van der Waals surface area contributed by atoms with E-state index in [-0.39, 0.29) is 11.3 Å². The molecule has 33 heavy (non-hydrogen) atoms. The molecule has 1 saturated heterocycles. The number of anilines is 1. The zero-order chi connectivity index (χ0) is 23.6. The number of para-hydroxylation sites is 1. The Morgan fingerprint density at radius 3 is 2.36 bits per heavy atom. The van der Waals surface area contributed by atoms with E-state index in [0.29, 0.717) is 6.42 Å². The molecule has 0 bridgehead atoms. The van der Waals surface area contributed by atoms with Gasteiger partial charge < -0.3 is 9.80 Å². The first-order valence-electron chi connectivity index (χ1n) is 12.1. The number of rotatable bonds is 6. The first-order valence-corrected chi connectivity index (χ1v) is 12.1. The van der Waals surface area contributed by atoms with E-state index >= 15 is 0 Å². The van der Waals surface area contributed by atoms with Crippen molar-refractivity contribution in [2.75, 3.05) is 31.1 Å². The van der Waals surface area contributed by atoms with Crippen LogP contribution in [0.2, 0.25) is 0 Å². The van der Waals surface area contributed by atoms with Gasteiger partial charge in [0, 0.05) is 39.0 Å². The number of nitrogens with zero attached hydrogens (tertiary/aromatic N) is 6. The SMILES string of the molecule is CCCCc1nc(N2CCN(C(=O)CC(C)(C)C)CC2)c2c(C)nn(-c3ccccc3)c2n1. The van der Waals surface area contributed by atoms with Crippen LogP contribution in [0.15, 0.2) is 30.3 Å². The second-order valence-electron chi connectivity index (χ2n) is 10.2. The quantitative estimate of drug-likeness (QED) is 0.553. The molecule has 0 unspecified atom stereocenters. The minimum Gasteiger partial charge on any atom is -0.352 e. The van der Waals surface area contributed by atoms with Crippen molar-refractivity contribution >= 4 is 22.8 Å². The predicted octanol–water partition coefficient (Wildman–Crippen LogP) is 4.55. The van der Waals surface area contributed by atoms with Crippen molar-refractivity contribution in [3.63, 3.8) is 0 Å². The van der Waals surface area contributed by atoms with Crippen LogP contribution in [-0.2, 0) is 11.2 Å². The number of unbranched alkanes of at least 4 members (excludes halogenated alkanes) is 1. The molecule has 0 radical (unpaired) electrons. The van der Waals surface area contributed by atoms with Gasteiger partial charge in [-0.25, -0.2) is 14.6 Å². The number of carbonyl (C=O) groups excluding carboxylic acids is 1. The van der Waals surface area contributed by atoms with Crippen LogP contribution in [0.4, 0.5) is 5.82 Å². The summed E-state index contributed by atoms with van der Waals surface area (Å²) in [7, 11) is 0. The molecule has 1 fully saturated rings. The highest BCUT2D eigenvalue weighted by molar-refractivity contribution is 5.91. The second-order valence-corrected chi connectivity index (χ2v) is 10.2. The molecular formula is C26H36N6O. The lowest BCUT2D eigenvalue weighted by atomic mass is 9.91. The highest BCUT2D eigenvalue weighted by Crippen LogP contribution is 2.30. The van der Waals surface area contributed by atoms with Crippen LogP contribution in [0.3, 0.4) is 0 Å². The average Bonchev–Trinajstić information content (AvgIpc) is 3.13. The van der Waals surface area contributed by atoms with Crippen molar-refractivity contribution in [2.45, 2.75) is 60.3 Å². The van der Waals surface area contributed by atoms with Crippen molar-refractivity contribution in [1.29, 1.82) is 0 Å². The van der Waals surface area contributed by atoms with Gasteiger partial charge in [0.05, 0.1) is 16.8 Å². The molecule has 2 aromatic heterocycles. The van der Waals surface area contributed by atoms with E-state index in [1.165, 1.54) is 0 Å². The summed E-state index contributed by atoms with van der Waals surface area (Å²) in [4.78, 5) is 27.0. The standard InChI is InChI=1S/C26H36N6O/c1-6-7-13-21-27-24(31-16-14-30(15-17-31)22(33)18-26(3,4)5)23-19(2)29-32(25(23)28-21)20-11-9-8-10-12-20/h8-12H,6-7,13-18H2,1-5H3. The average molecular weight is 449 g/mol. The van der Waals surface area contributed by atoms with E-state index in [1.807, 2.05) is 34.7 Å². The number of benzene rings is 1. The van der Waals surface area contributed by atoms with Gasteiger partial charge >= 0.3 is 0 Å². The van der Waals surface area contributed by atoms with Crippen molar-refractivity contribution in [1.82, 2.24) is 24.6 Å². The van der Waals surface area contributed by atoms with Crippen molar-refractivity contribution in [2.24, 2.45) is 5.41 Å². The molecule has 7 heteroatoms. The maximum absolute atomic E-state index is 12.7. The van der Waals surface area contributed by atoms with Crippen LogP contribution in [0.5, 0.6) is 0 Å². The molecule has 1 aliphatic heterocycles. The van der Waals surface area contributed by atoms with Crippen molar-refractivity contribution < 1.29 is 4.79 Å². The largest absolute Gasteiger partial charge is 0.352 e. The van der Waals surface area contributed by atoms with Gasteiger partial charge in [-0.05, 0) is 30.9 Å². The first kappa shape index (κ1) is 23.2. The Labute approximate surface area is 196 Å². The van der Waals surface area contributed by atoms with Gasteiger partial charge in [0.2, 0.25) is 5.91 Å². The number of piperazine rings is 1. The molecule has 0 atom stereocenters. The molecule has 0 spiro atoms. The van der Waals surface area contributed by atoms with E-state index in [0.717, 1.165) is 79.5 Å². The highest BCUT2D eigenvalue weighted by atomic mass is 16.2. The van der Waals surface area contributed by atoms with Crippen LogP contribution in [0.25, 0.3) is 16.7 Å². The van der Waals surface area contributed by atoms with Crippen LogP contribution < -0.4 is 4.90 Å². The lowest BCUT2D eigenvalue weighted by molar-refractivity contribution is -0.133. The third-order valence-corrected chi connectivity index (χ3v) is 6.10. The molecule has 7 nitrogen and oxygen atoms in total. The normalized spacial score (nSPS) is 14.8. The fraction of sp³-hybridized carbons (Fsp3) is 0.538. The number of carbonyl (C=O) groups is 1. The highest BCUT2D eigenvalue weighted by Gasteiger charge is 2.28. The molecule has 4 rings (SSSR count).